The number of rotatable bonds is 9. The summed E-state index contributed by atoms with van der Waals surface area (Å²) in [7, 11) is 2.98. The number of aromatic nitrogens is 1. The molecule has 0 amide bonds. The lowest BCUT2D eigenvalue weighted by Gasteiger charge is -2.25. The standard InChI is InChI=1S/C27H26N2O8S/c1-5-36-26(33)23-15(2)28-27-29(24(23)17-7-6-8-18(13-17)34-3)25(32)21(38-27)12-16-9-10-19(20(11-16)35-4)37-14-22(30)31/h6-13,24H,5,14H2,1-4H3,(H,30,31)/b21-12+/t24-/m1/s1. The molecular weight excluding hydrogens is 512 g/mol. The number of ether oxygens (including phenoxy) is 4. The molecule has 0 fully saturated rings. The topological polar surface area (TPSA) is 126 Å². The molecule has 0 bridgehead atoms. The number of carboxylic acids is 1. The van der Waals surface area contributed by atoms with E-state index in [4.69, 9.17) is 24.1 Å². The van der Waals surface area contributed by atoms with E-state index in [9.17, 15) is 14.4 Å². The molecule has 38 heavy (non-hydrogen) atoms. The summed E-state index contributed by atoms with van der Waals surface area (Å²) in [5, 5.41) is 8.88. The second kappa shape index (κ2) is 11.3. The van der Waals surface area contributed by atoms with Crippen LogP contribution in [0.25, 0.3) is 6.08 Å². The number of esters is 1. The molecule has 1 atom stereocenters. The van der Waals surface area contributed by atoms with Crippen molar-refractivity contribution in [2.45, 2.75) is 19.9 Å². The second-order valence-corrected chi connectivity index (χ2v) is 9.18. The van der Waals surface area contributed by atoms with Crippen LogP contribution in [0.4, 0.5) is 0 Å². The lowest BCUT2D eigenvalue weighted by molar-refractivity contribution is -0.140. The quantitative estimate of drug-likeness (QED) is 0.412. The minimum absolute atomic E-state index is 0.179. The van der Waals surface area contributed by atoms with Crippen LogP contribution in [0.1, 0.15) is 31.0 Å². The number of thiazole rings is 1. The van der Waals surface area contributed by atoms with Crippen LogP contribution in [0, 0.1) is 0 Å². The van der Waals surface area contributed by atoms with Gasteiger partial charge in [-0.25, -0.2) is 14.6 Å². The van der Waals surface area contributed by atoms with Gasteiger partial charge in [-0.2, -0.15) is 0 Å². The number of carbonyl (C=O) groups is 2. The van der Waals surface area contributed by atoms with Crippen molar-refractivity contribution >= 4 is 29.4 Å². The Labute approximate surface area is 221 Å². The molecule has 10 nitrogen and oxygen atoms in total. The van der Waals surface area contributed by atoms with Gasteiger partial charge in [0, 0.05) is 0 Å². The maximum atomic E-state index is 13.7. The molecule has 0 saturated heterocycles. The molecule has 1 aromatic heterocycles. The smallest absolute Gasteiger partial charge is 0.341 e. The van der Waals surface area contributed by atoms with Gasteiger partial charge in [0.05, 0.1) is 42.7 Å². The van der Waals surface area contributed by atoms with Gasteiger partial charge in [-0.3, -0.25) is 9.36 Å². The normalized spacial score (nSPS) is 14.9. The molecule has 0 saturated carbocycles. The minimum Gasteiger partial charge on any atom is -0.497 e. The summed E-state index contributed by atoms with van der Waals surface area (Å²) in [5.41, 5.74) is 1.72. The van der Waals surface area contributed by atoms with Gasteiger partial charge in [0.15, 0.2) is 22.9 Å². The number of carbonyl (C=O) groups excluding carboxylic acids is 1. The molecule has 2 heterocycles. The van der Waals surface area contributed by atoms with E-state index in [1.807, 2.05) is 6.07 Å². The molecule has 4 rings (SSSR count). The van der Waals surface area contributed by atoms with Crippen LogP contribution < -0.4 is 29.1 Å². The van der Waals surface area contributed by atoms with E-state index in [1.54, 1.807) is 63.4 Å². The summed E-state index contributed by atoms with van der Waals surface area (Å²) in [6, 6.07) is 11.3. The first-order chi connectivity index (χ1) is 18.3. The number of fused-ring (bicyclic) bond motifs is 1. The first-order valence-corrected chi connectivity index (χ1v) is 12.4. The van der Waals surface area contributed by atoms with Gasteiger partial charge in [-0.1, -0.05) is 29.5 Å². The third kappa shape index (κ3) is 5.32. The zero-order valence-electron chi connectivity index (χ0n) is 21.2. The van der Waals surface area contributed by atoms with Crippen LogP contribution >= 0.6 is 11.3 Å². The highest BCUT2D eigenvalue weighted by Gasteiger charge is 2.33. The Kier molecular flexibility index (Phi) is 7.96. The Morgan fingerprint density at radius 3 is 2.61 bits per heavy atom. The fourth-order valence-electron chi connectivity index (χ4n) is 4.10. The van der Waals surface area contributed by atoms with E-state index >= 15 is 0 Å². The average molecular weight is 539 g/mol. The molecular formula is C27H26N2O8S. The molecule has 3 aromatic rings. The van der Waals surface area contributed by atoms with Gasteiger partial charge in [0.1, 0.15) is 5.75 Å². The molecule has 0 radical (unpaired) electrons. The predicted octanol–water partition coefficient (Wildman–Crippen LogP) is 2.28. The number of aliphatic carboxylic acids is 1. The Hall–Kier alpha value is -4.38. The molecule has 11 heteroatoms. The zero-order chi connectivity index (χ0) is 27.4. The summed E-state index contributed by atoms with van der Waals surface area (Å²) in [6.45, 7) is 3.10. The molecule has 1 N–H and O–H groups in total. The van der Waals surface area contributed by atoms with Crippen molar-refractivity contribution in [3.8, 4) is 17.2 Å². The molecule has 1 aliphatic heterocycles. The Morgan fingerprint density at radius 2 is 1.92 bits per heavy atom. The number of benzene rings is 2. The van der Waals surface area contributed by atoms with Gasteiger partial charge in [0.2, 0.25) is 0 Å². The monoisotopic (exact) mass is 538 g/mol. The highest BCUT2D eigenvalue weighted by Crippen LogP contribution is 2.32. The summed E-state index contributed by atoms with van der Waals surface area (Å²) in [6.07, 6.45) is 1.68. The number of hydrogen-bond donors (Lipinski definition) is 1. The van der Waals surface area contributed by atoms with E-state index in [0.29, 0.717) is 37.7 Å². The third-order valence-electron chi connectivity index (χ3n) is 5.76. The van der Waals surface area contributed by atoms with Gasteiger partial charge >= 0.3 is 11.9 Å². The number of allylic oxidation sites excluding steroid dienone is 1. The van der Waals surface area contributed by atoms with Crippen LogP contribution in [0.15, 0.2) is 63.5 Å². The van der Waals surface area contributed by atoms with Crippen molar-refractivity contribution < 1.29 is 33.6 Å². The Bertz CT molecular complexity index is 1600. The highest BCUT2D eigenvalue weighted by atomic mass is 32.1. The molecule has 1 aliphatic rings. The molecule has 0 aliphatic carbocycles. The van der Waals surface area contributed by atoms with Crippen molar-refractivity contribution in [2.24, 2.45) is 4.99 Å². The SMILES string of the molecule is CCOC(=O)C1=C(C)N=c2s/c(=C/c3ccc(OCC(=O)O)c(OC)c3)c(=O)n2[C@@H]1c1cccc(OC)c1. The fourth-order valence-corrected chi connectivity index (χ4v) is 5.15. The first-order valence-electron chi connectivity index (χ1n) is 11.6. The first kappa shape index (κ1) is 26.7. The number of carboxylic acid groups (broad SMARTS) is 1. The minimum atomic E-state index is -1.11. The van der Waals surface area contributed by atoms with Crippen LogP contribution in [-0.2, 0) is 14.3 Å². The van der Waals surface area contributed by atoms with Crippen molar-refractivity contribution in [1.82, 2.24) is 4.57 Å². The van der Waals surface area contributed by atoms with Crippen molar-refractivity contribution in [3.63, 3.8) is 0 Å². The summed E-state index contributed by atoms with van der Waals surface area (Å²) in [5.74, 6) is -0.485. The predicted molar refractivity (Wildman–Crippen MR) is 140 cm³/mol. The van der Waals surface area contributed by atoms with Crippen molar-refractivity contribution in [3.05, 3.63) is 84.5 Å². The largest absolute Gasteiger partial charge is 0.497 e. The summed E-state index contributed by atoms with van der Waals surface area (Å²) < 4.78 is 23.2. The lowest BCUT2D eigenvalue weighted by Crippen LogP contribution is -2.39. The maximum Gasteiger partial charge on any atom is 0.341 e. The van der Waals surface area contributed by atoms with Gasteiger partial charge in [0.25, 0.3) is 5.56 Å². The zero-order valence-corrected chi connectivity index (χ0v) is 22.0. The highest BCUT2D eigenvalue weighted by molar-refractivity contribution is 7.07. The van der Waals surface area contributed by atoms with Crippen LogP contribution in [0.3, 0.4) is 0 Å². The van der Waals surface area contributed by atoms with Crippen molar-refractivity contribution in [1.29, 1.82) is 0 Å². The molecule has 0 unspecified atom stereocenters. The van der Waals surface area contributed by atoms with Crippen LogP contribution in [0.5, 0.6) is 17.2 Å². The van der Waals surface area contributed by atoms with E-state index in [-0.39, 0.29) is 23.5 Å². The third-order valence-corrected chi connectivity index (χ3v) is 6.75. The number of hydrogen-bond acceptors (Lipinski definition) is 9. The second-order valence-electron chi connectivity index (χ2n) is 8.17. The fraction of sp³-hybridized carbons (Fsp3) is 0.259. The van der Waals surface area contributed by atoms with Crippen LogP contribution in [-0.4, -0.2) is 49.0 Å². The van der Waals surface area contributed by atoms with E-state index in [0.717, 1.165) is 0 Å². The average Bonchev–Trinajstić information content (AvgIpc) is 3.20. The number of methoxy groups -OCH3 is 2. The van der Waals surface area contributed by atoms with Crippen molar-refractivity contribution in [2.75, 3.05) is 27.4 Å². The van der Waals surface area contributed by atoms with Gasteiger partial charge < -0.3 is 24.1 Å². The lowest BCUT2D eigenvalue weighted by atomic mass is 9.95. The number of nitrogens with zero attached hydrogens (tertiary/aromatic N) is 2. The van der Waals surface area contributed by atoms with E-state index in [1.165, 1.54) is 23.0 Å². The van der Waals surface area contributed by atoms with E-state index < -0.39 is 24.6 Å². The molecule has 198 valence electrons. The van der Waals surface area contributed by atoms with Gasteiger partial charge in [-0.15, -0.1) is 0 Å². The van der Waals surface area contributed by atoms with Crippen LogP contribution in [0.2, 0.25) is 0 Å². The van der Waals surface area contributed by atoms with Gasteiger partial charge in [-0.05, 0) is 55.3 Å². The summed E-state index contributed by atoms with van der Waals surface area (Å²) >= 11 is 1.19. The molecule has 2 aromatic carbocycles. The Morgan fingerprint density at radius 1 is 1.13 bits per heavy atom. The van der Waals surface area contributed by atoms with E-state index in [2.05, 4.69) is 4.99 Å². The molecule has 0 spiro atoms. The Balaban J connectivity index is 1.86. The maximum absolute atomic E-state index is 13.7. The summed E-state index contributed by atoms with van der Waals surface area (Å²) in [4.78, 5) is 42.6.